The van der Waals surface area contributed by atoms with Crippen molar-refractivity contribution in [3.63, 3.8) is 0 Å². The van der Waals surface area contributed by atoms with Crippen molar-refractivity contribution < 1.29 is 13.5 Å². The molecule has 0 radical (unpaired) electrons. The minimum Gasteiger partial charge on any atom is -0.391 e. The Bertz CT molecular complexity index is 408. The molecule has 1 aromatic rings. The third-order valence-electron chi connectivity index (χ3n) is 1.74. The highest BCUT2D eigenvalue weighted by atomic mass is 32.2. The first-order chi connectivity index (χ1) is 6.53. The zero-order valence-corrected chi connectivity index (χ0v) is 9.70. The Hall–Kier alpha value is -0.430. The molecule has 0 amide bonds. The van der Waals surface area contributed by atoms with Crippen molar-refractivity contribution in [1.82, 2.24) is 4.72 Å². The summed E-state index contributed by atoms with van der Waals surface area (Å²) in [5, 5.41) is 10.7. The number of rotatable bonds is 4. The van der Waals surface area contributed by atoms with Crippen molar-refractivity contribution in [1.29, 1.82) is 0 Å². The molecule has 0 bridgehead atoms. The molecule has 0 fully saturated rings. The van der Waals surface area contributed by atoms with Crippen LogP contribution in [-0.4, -0.2) is 20.1 Å². The van der Waals surface area contributed by atoms with E-state index in [-0.39, 0.29) is 11.5 Å². The molecule has 1 rings (SSSR count). The van der Waals surface area contributed by atoms with Crippen molar-refractivity contribution in [2.45, 2.75) is 25.3 Å². The van der Waals surface area contributed by atoms with Crippen LogP contribution in [0.3, 0.4) is 0 Å². The van der Waals surface area contributed by atoms with Crippen LogP contribution in [0.4, 0.5) is 0 Å². The average Bonchev–Trinajstić information content (AvgIpc) is 2.47. The Morgan fingerprint density at radius 1 is 1.57 bits per heavy atom. The van der Waals surface area contributed by atoms with Gasteiger partial charge in [-0.1, -0.05) is 6.92 Å². The maximum absolute atomic E-state index is 11.7. The van der Waals surface area contributed by atoms with Crippen molar-refractivity contribution in [3.05, 3.63) is 15.8 Å². The Morgan fingerprint density at radius 3 is 2.71 bits per heavy atom. The molecule has 0 spiro atoms. The van der Waals surface area contributed by atoms with Gasteiger partial charge in [0.05, 0.1) is 11.5 Å². The predicted octanol–water partition coefficient (Wildman–Crippen LogP) is 0.847. The van der Waals surface area contributed by atoms with E-state index in [1.54, 1.807) is 19.2 Å². The highest BCUT2D eigenvalue weighted by Crippen LogP contribution is 2.26. The second-order valence-corrected chi connectivity index (χ2v) is 5.50. The van der Waals surface area contributed by atoms with Crippen LogP contribution < -0.4 is 4.72 Å². The van der Waals surface area contributed by atoms with Crippen LogP contribution >= 0.6 is 11.3 Å². The lowest BCUT2D eigenvalue weighted by Crippen LogP contribution is -2.24. The molecule has 0 aliphatic heterocycles. The Morgan fingerprint density at radius 2 is 2.21 bits per heavy atom. The van der Waals surface area contributed by atoms with E-state index < -0.39 is 10.0 Å². The summed E-state index contributed by atoms with van der Waals surface area (Å²) in [6.45, 7) is 3.55. The van der Waals surface area contributed by atoms with Crippen molar-refractivity contribution >= 4 is 21.4 Å². The van der Waals surface area contributed by atoms with E-state index >= 15 is 0 Å². The highest BCUT2D eigenvalue weighted by Gasteiger charge is 2.21. The van der Waals surface area contributed by atoms with Crippen LogP contribution in [0.15, 0.2) is 10.3 Å². The quantitative estimate of drug-likeness (QED) is 0.813. The number of aryl methyl sites for hydroxylation is 1. The summed E-state index contributed by atoms with van der Waals surface area (Å²) in [7, 11) is -3.44. The number of sulfonamides is 1. The molecule has 0 aliphatic carbocycles. The van der Waals surface area contributed by atoms with Crippen LogP contribution in [0.2, 0.25) is 0 Å². The molecule has 0 saturated carbocycles. The lowest BCUT2D eigenvalue weighted by molar-refractivity contribution is 0.282. The normalized spacial score (nSPS) is 11.9. The SMILES string of the molecule is CCNS(=O)(=O)c1c(C)csc1CO. The molecular weight excluding hydrogens is 222 g/mol. The lowest BCUT2D eigenvalue weighted by Gasteiger charge is -2.05. The van der Waals surface area contributed by atoms with Gasteiger partial charge in [0.25, 0.3) is 0 Å². The van der Waals surface area contributed by atoms with Gasteiger partial charge >= 0.3 is 0 Å². The van der Waals surface area contributed by atoms with Gasteiger partial charge in [-0.2, -0.15) is 0 Å². The van der Waals surface area contributed by atoms with Crippen molar-refractivity contribution in [2.75, 3.05) is 6.54 Å². The molecule has 80 valence electrons. The van der Waals surface area contributed by atoms with E-state index in [2.05, 4.69) is 4.72 Å². The minimum absolute atomic E-state index is 0.229. The summed E-state index contributed by atoms with van der Waals surface area (Å²) in [6.07, 6.45) is 0. The number of aliphatic hydroxyl groups excluding tert-OH is 1. The molecule has 14 heavy (non-hydrogen) atoms. The van der Waals surface area contributed by atoms with Crippen LogP contribution in [0.5, 0.6) is 0 Å². The number of aliphatic hydroxyl groups is 1. The highest BCUT2D eigenvalue weighted by molar-refractivity contribution is 7.89. The fourth-order valence-electron chi connectivity index (χ4n) is 1.22. The molecule has 1 aromatic heterocycles. The fourth-order valence-corrected chi connectivity index (χ4v) is 3.92. The van der Waals surface area contributed by atoms with Gasteiger partial charge in [0, 0.05) is 6.54 Å². The second-order valence-electron chi connectivity index (χ2n) is 2.83. The van der Waals surface area contributed by atoms with Crippen molar-refractivity contribution in [2.24, 2.45) is 0 Å². The number of thiophene rings is 1. The molecule has 0 unspecified atom stereocenters. The molecule has 0 aromatic carbocycles. The topological polar surface area (TPSA) is 66.4 Å². The molecule has 4 nitrogen and oxygen atoms in total. The number of hydrogen-bond donors (Lipinski definition) is 2. The van der Waals surface area contributed by atoms with Gasteiger partial charge in [0.1, 0.15) is 4.90 Å². The molecular formula is C8H13NO3S2. The smallest absolute Gasteiger partial charge is 0.242 e. The summed E-state index contributed by atoms with van der Waals surface area (Å²) < 4.78 is 25.8. The van der Waals surface area contributed by atoms with E-state index in [4.69, 9.17) is 5.11 Å². The number of hydrogen-bond acceptors (Lipinski definition) is 4. The van der Waals surface area contributed by atoms with Gasteiger partial charge in [-0.15, -0.1) is 11.3 Å². The van der Waals surface area contributed by atoms with Gasteiger partial charge in [-0.3, -0.25) is 0 Å². The molecule has 0 aliphatic rings. The average molecular weight is 235 g/mol. The van der Waals surface area contributed by atoms with Gasteiger partial charge in [-0.05, 0) is 17.9 Å². The second kappa shape index (κ2) is 4.39. The van der Waals surface area contributed by atoms with E-state index in [9.17, 15) is 8.42 Å². The molecule has 0 atom stereocenters. The molecule has 2 N–H and O–H groups in total. The summed E-state index contributed by atoms with van der Waals surface area (Å²) in [5.74, 6) is 0. The van der Waals surface area contributed by atoms with Gasteiger partial charge in [-0.25, -0.2) is 13.1 Å². The van der Waals surface area contributed by atoms with E-state index in [1.807, 2.05) is 0 Å². The van der Waals surface area contributed by atoms with Crippen molar-refractivity contribution in [3.8, 4) is 0 Å². The Labute approximate surface area is 87.6 Å². The predicted molar refractivity (Wildman–Crippen MR) is 55.8 cm³/mol. The third kappa shape index (κ3) is 2.14. The van der Waals surface area contributed by atoms with E-state index in [1.165, 1.54) is 11.3 Å². The van der Waals surface area contributed by atoms with Gasteiger partial charge in [0.15, 0.2) is 0 Å². The van der Waals surface area contributed by atoms with E-state index in [0.29, 0.717) is 17.0 Å². The largest absolute Gasteiger partial charge is 0.391 e. The summed E-state index contributed by atoms with van der Waals surface area (Å²) in [6, 6.07) is 0. The van der Waals surface area contributed by atoms with E-state index in [0.717, 1.165) is 0 Å². The van der Waals surface area contributed by atoms with Gasteiger partial charge < -0.3 is 5.11 Å². The zero-order valence-electron chi connectivity index (χ0n) is 8.07. The summed E-state index contributed by atoms with van der Waals surface area (Å²) in [4.78, 5) is 0.718. The summed E-state index contributed by atoms with van der Waals surface area (Å²) >= 11 is 1.26. The Balaban J connectivity index is 3.23. The third-order valence-corrected chi connectivity index (χ3v) is 4.73. The first-order valence-corrected chi connectivity index (χ1v) is 6.56. The first-order valence-electron chi connectivity index (χ1n) is 4.20. The molecule has 0 saturated heterocycles. The lowest BCUT2D eigenvalue weighted by atomic mass is 10.3. The maximum Gasteiger partial charge on any atom is 0.242 e. The van der Waals surface area contributed by atoms with Crippen LogP contribution in [0.25, 0.3) is 0 Å². The monoisotopic (exact) mass is 235 g/mol. The Kier molecular flexibility index (Phi) is 3.65. The minimum atomic E-state index is -3.44. The zero-order chi connectivity index (χ0) is 10.8. The van der Waals surface area contributed by atoms with Crippen LogP contribution in [0, 0.1) is 6.92 Å². The maximum atomic E-state index is 11.7. The fraction of sp³-hybridized carbons (Fsp3) is 0.500. The summed E-state index contributed by atoms with van der Waals surface area (Å²) in [5.41, 5.74) is 0.681. The first kappa shape index (κ1) is 11.6. The van der Waals surface area contributed by atoms with Crippen LogP contribution in [-0.2, 0) is 16.6 Å². The standard InChI is InChI=1S/C8H13NO3S2/c1-3-9-14(11,12)8-6(2)5-13-7(8)4-10/h5,9-10H,3-4H2,1-2H3. The van der Waals surface area contributed by atoms with Gasteiger partial charge in [0.2, 0.25) is 10.0 Å². The van der Waals surface area contributed by atoms with Crippen LogP contribution in [0.1, 0.15) is 17.4 Å². The molecule has 1 heterocycles. The molecule has 6 heteroatoms. The number of nitrogens with one attached hydrogen (secondary N) is 1.